The van der Waals surface area contributed by atoms with Gasteiger partial charge in [0.1, 0.15) is 0 Å². The molecule has 1 N–H and O–H groups in total. The highest BCUT2D eigenvalue weighted by Gasteiger charge is 2.23. The van der Waals surface area contributed by atoms with E-state index in [1.807, 2.05) is 19.3 Å². The number of likely N-dealkylation sites (N-methyl/N-ethyl adjacent to an activating group) is 1. The van der Waals surface area contributed by atoms with Crippen molar-refractivity contribution < 1.29 is 4.74 Å². The Balaban J connectivity index is 1.94. The molecule has 1 atom stereocenters. The van der Waals surface area contributed by atoms with Gasteiger partial charge in [0.05, 0.1) is 0 Å². The molecule has 88 valence electrons. The van der Waals surface area contributed by atoms with Crippen molar-refractivity contribution in [3.05, 3.63) is 30.1 Å². The summed E-state index contributed by atoms with van der Waals surface area (Å²) in [6.07, 6.45) is 5.21. The Morgan fingerprint density at radius 3 is 2.88 bits per heavy atom. The molecule has 0 spiro atoms. The van der Waals surface area contributed by atoms with Crippen LogP contribution in [0.1, 0.15) is 18.5 Å². The molecule has 3 heteroatoms. The SMILES string of the molecule is CNC(Cc1ccccn1)C1CCOCC1. The minimum Gasteiger partial charge on any atom is -0.381 e. The number of nitrogens with zero attached hydrogens (tertiary/aromatic N) is 1. The molecule has 1 aromatic heterocycles. The maximum Gasteiger partial charge on any atom is 0.0469 e. The van der Waals surface area contributed by atoms with E-state index in [1.165, 1.54) is 18.5 Å². The van der Waals surface area contributed by atoms with Gasteiger partial charge in [-0.05, 0) is 37.9 Å². The Kier molecular flexibility index (Phi) is 4.31. The summed E-state index contributed by atoms with van der Waals surface area (Å²) in [6.45, 7) is 1.82. The lowest BCUT2D eigenvalue weighted by molar-refractivity contribution is 0.0546. The molecule has 1 aromatic rings. The van der Waals surface area contributed by atoms with Crippen LogP contribution >= 0.6 is 0 Å². The highest BCUT2D eigenvalue weighted by atomic mass is 16.5. The summed E-state index contributed by atoms with van der Waals surface area (Å²) in [5, 5.41) is 3.42. The summed E-state index contributed by atoms with van der Waals surface area (Å²) in [4.78, 5) is 4.39. The quantitative estimate of drug-likeness (QED) is 0.837. The minimum atomic E-state index is 0.527. The highest BCUT2D eigenvalue weighted by Crippen LogP contribution is 2.20. The van der Waals surface area contributed by atoms with Crippen molar-refractivity contribution in [3.8, 4) is 0 Å². The summed E-state index contributed by atoms with van der Waals surface area (Å²) < 4.78 is 5.40. The van der Waals surface area contributed by atoms with Gasteiger partial charge in [-0.1, -0.05) is 6.07 Å². The first-order valence-corrected chi connectivity index (χ1v) is 6.05. The summed E-state index contributed by atoms with van der Waals surface area (Å²) in [6, 6.07) is 6.65. The normalized spacial score (nSPS) is 19.6. The molecule has 1 aliphatic heterocycles. The number of hydrogen-bond acceptors (Lipinski definition) is 3. The second-order valence-corrected chi connectivity index (χ2v) is 4.37. The van der Waals surface area contributed by atoms with Crippen LogP contribution in [-0.4, -0.2) is 31.3 Å². The number of rotatable bonds is 4. The van der Waals surface area contributed by atoms with E-state index in [9.17, 15) is 0 Å². The van der Waals surface area contributed by atoms with Crippen molar-refractivity contribution in [2.24, 2.45) is 5.92 Å². The Labute approximate surface area is 97.2 Å². The van der Waals surface area contributed by atoms with Gasteiger partial charge in [-0.3, -0.25) is 4.98 Å². The molecule has 1 unspecified atom stereocenters. The Morgan fingerprint density at radius 1 is 1.44 bits per heavy atom. The van der Waals surface area contributed by atoms with Crippen LogP contribution in [0.4, 0.5) is 0 Å². The second-order valence-electron chi connectivity index (χ2n) is 4.37. The zero-order valence-corrected chi connectivity index (χ0v) is 9.86. The van der Waals surface area contributed by atoms with E-state index in [1.54, 1.807) is 0 Å². The van der Waals surface area contributed by atoms with Crippen molar-refractivity contribution in [2.75, 3.05) is 20.3 Å². The van der Waals surface area contributed by atoms with Crippen molar-refractivity contribution in [1.82, 2.24) is 10.3 Å². The molecule has 2 heterocycles. The van der Waals surface area contributed by atoms with Crippen LogP contribution in [0.3, 0.4) is 0 Å². The Hall–Kier alpha value is -0.930. The molecule has 16 heavy (non-hydrogen) atoms. The molecule has 0 saturated carbocycles. The van der Waals surface area contributed by atoms with Gasteiger partial charge < -0.3 is 10.1 Å². The average Bonchev–Trinajstić information content (AvgIpc) is 2.38. The second kappa shape index (κ2) is 5.97. The topological polar surface area (TPSA) is 34.2 Å². The maximum atomic E-state index is 5.40. The monoisotopic (exact) mass is 220 g/mol. The van der Waals surface area contributed by atoms with Crippen molar-refractivity contribution in [2.45, 2.75) is 25.3 Å². The molecular weight excluding hydrogens is 200 g/mol. The van der Waals surface area contributed by atoms with E-state index >= 15 is 0 Å². The molecule has 1 fully saturated rings. The fourth-order valence-electron chi connectivity index (χ4n) is 2.37. The molecular formula is C13H20N2O. The molecule has 1 saturated heterocycles. The molecule has 0 aliphatic carbocycles. The van der Waals surface area contributed by atoms with E-state index in [0.29, 0.717) is 6.04 Å². The molecule has 0 bridgehead atoms. The standard InChI is InChI=1S/C13H20N2O/c1-14-13(11-5-8-16-9-6-11)10-12-4-2-3-7-15-12/h2-4,7,11,13-14H,5-6,8-10H2,1H3. The fraction of sp³-hybridized carbons (Fsp3) is 0.615. The number of hydrogen-bond donors (Lipinski definition) is 1. The average molecular weight is 220 g/mol. The van der Waals surface area contributed by atoms with E-state index < -0.39 is 0 Å². The van der Waals surface area contributed by atoms with Gasteiger partial charge >= 0.3 is 0 Å². The molecule has 0 radical (unpaired) electrons. The first-order chi connectivity index (χ1) is 7.90. The minimum absolute atomic E-state index is 0.527. The van der Waals surface area contributed by atoms with Gasteiger partial charge in [-0.2, -0.15) is 0 Å². The number of nitrogens with one attached hydrogen (secondary N) is 1. The van der Waals surface area contributed by atoms with Crippen molar-refractivity contribution in [1.29, 1.82) is 0 Å². The van der Waals surface area contributed by atoms with Gasteiger partial charge in [-0.15, -0.1) is 0 Å². The number of pyridine rings is 1. The summed E-state index contributed by atoms with van der Waals surface area (Å²) in [5.41, 5.74) is 1.17. The van der Waals surface area contributed by atoms with E-state index in [0.717, 1.165) is 25.6 Å². The summed E-state index contributed by atoms with van der Waals surface area (Å²) in [7, 11) is 2.04. The zero-order valence-electron chi connectivity index (χ0n) is 9.86. The lowest BCUT2D eigenvalue weighted by Crippen LogP contribution is -2.38. The van der Waals surface area contributed by atoms with E-state index in [-0.39, 0.29) is 0 Å². The predicted molar refractivity (Wildman–Crippen MR) is 64.3 cm³/mol. The summed E-state index contributed by atoms with van der Waals surface area (Å²) >= 11 is 0. The molecule has 0 amide bonds. The van der Waals surface area contributed by atoms with Crippen LogP contribution < -0.4 is 5.32 Å². The van der Waals surface area contributed by atoms with Crippen molar-refractivity contribution in [3.63, 3.8) is 0 Å². The number of aromatic nitrogens is 1. The van der Waals surface area contributed by atoms with Crippen LogP contribution in [0.15, 0.2) is 24.4 Å². The molecule has 3 nitrogen and oxygen atoms in total. The molecule has 2 rings (SSSR count). The lowest BCUT2D eigenvalue weighted by atomic mass is 9.89. The van der Waals surface area contributed by atoms with Gasteiger partial charge in [0.2, 0.25) is 0 Å². The largest absolute Gasteiger partial charge is 0.381 e. The first-order valence-electron chi connectivity index (χ1n) is 6.05. The smallest absolute Gasteiger partial charge is 0.0469 e. The third kappa shape index (κ3) is 3.03. The van der Waals surface area contributed by atoms with Gasteiger partial charge in [0, 0.05) is 37.6 Å². The molecule has 0 aromatic carbocycles. The zero-order chi connectivity index (χ0) is 11.2. The maximum absolute atomic E-state index is 5.40. The first kappa shape index (κ1) is 11.6. The Morgan fingerprint density at radius 2 is 2.25 bits per heavy atom. The lowest BCUT2D eigenvalue weighted by Gasteiger charge is -2.29. The number of ether oxygens (including phenoxy) is 1. The molecule has 1 aliphatic rings. The highest BCUT2D eigenvalue weighted by molar-refractivity contribution is 5.05. The van der Waals surface area contributed by atoms with Crippen molar-refractivity contribution >= 4 is 0 Å². The third-order valence-corrected chi connectivity index (χ3v) is 3.36. The van der Waals surface area contributed by atoms with Crippen LogP contribution in [0.2, 0.25) is 0 Å². The van der Waals surface area contributed by atoms with Crippen LogP contribution in [0.5, 0.6) is 0 Å². The van der Waals surface area contributed by atoms with Gasteiger partial charge in [-0.25, -0.2) is 0 Å². The third-order valence-electron chi connectivity index (χ3n) is 3.36. The van der Waals surface area contributed by atoms with Gasteiger partial charge in [0.25, 0.3) is 0 Å². The summed E-state index contributed by atoms with van der Waals surface area (Å²) in [5.74, 6) is 0.723. The fourth-order valence-corrected chi connectivity index (χ4v) is 2.37. The predicted octanol–water partition coefficient (Wildman–Crippen LogP) is 1.64. The Bertz CT molecular complexity index is 296. The van der Waals surface area contributed by atoms with Gasteiger partial charge in [0.15, 0.2) is 0 Å². The van der Waals surface area contributed by atoms with Crippen LogP contribution in [-0.2, 0) is 11.2 Å². The van der Waals surface area contributed by atoms with Crippen LogP contribution in [0.25, 0.3) is 0 Å². The van der Waals surface area contributed by atoms with Crippen LogP contribution in [0, 0.1) is 5.92 Å². The van der Waals surface area contributed by atoms with E-state index in [4.69, 9.17) is 4.74 Å². The van der Waals surface area contributed by atoms with E-state index in [2.05, 4.69) is 22.4 Å².